The lowest BCUT2D eigenvalue weighted by Gasteiger charge is -2.43. The predicted octanol–water partition coefficient (Wildman–Crippen LogP) is 6.71. The molecule has 32 heavy (non-hydrogen) atoms. The van der Waals surface area contributed by atoms with Crippen molar-refractivity contribution in [3.05, 3.63) is 136 Å². The maximum Gasteiger partial charge on any atom is 0.180 e. The van der Waals surface area contributed by atoms with E-state index >= 15 is 0 Å². The fourth-order valence-corrected chi connectivity index (χ4v) is 5.57. The zero-order chi connectivity index (χ0) is 22.0. The normalized spacial score (nSPS) is 22.8. The summed E-state index contributed by atoms with van der Waals surface area (Å²) in [5.41, 5.74) is 2.51. The number of ketones is 1. The van der Waals surface area contributed by atoms with Crippen molar-refractivity contribution < 1.29 is 9.90 Å². The molecule has 0 radical (unpaired) electrons. The topological polar surface area (TPSA) is 37.3 Å². The van der Waals surface area contributed by atoms with Gasteiger partial charge in [0.25, 0.3) is 0 Å². The molecule has 1 aliphatic carbocycles. The second kappa shape index (κ2) is 8.70. The van der Waals surface area contributed by atoms with Gasteiger partial charge in [-0.1, -0.05) is 97.1 Å². The summed E-state index contributed by atoms with van der Waals surface area (Å²) in [7, 11) is 0. The lowest BCUT2D eigenvalue weighted by Crippen LogP contribution is -2.44. The highest BCUT2D eigenvalue weighted by Gasteiger charge is 2.49. The number of aliphatic hydroxyl groups is 1. The number of benzene rings is 3. The van der Waals surface area contributed by atoms with Crippen molar-refractivity contribution in [2.45, 2.75) is 17.9 Å². The van der Waals surface area contributed by atoms with Gasteiger partial charge in [-0.15, -0.1) is 11.3 Å². The third-order valence-corrected chi connectivity index (χ3v) is 7.25. The quantitative estimate of drug-likeness (QED) is 0.353. The van der Waals surface area contributed by atoms with Gasteiger partial charge < -0.3 is 5.11 Å². The Kier molecular flexibility index (Phi) is 5.60. The van der Waals surface area contributed by atoms with Crippen LogP contribution in [0.1, 0.15) is 38.7 Å². The minimum atomic E-state index is -1.42. The van der Waals surface area contributed by atoms with Crippen LogP contribution in [-0.2, 0) is 5.60 Å². The van der Waals surface area contributed by atoms with Crippen molar-refractivity contribution in [3.8, 4) is 0 Å². The van der Waals surface area contributed by atoms with Crippen LogP contribution in [0.5, 0.6) is 0 Å². The molecule has 0 aliphatic heterocycles. The Morgan fingerprint density at radius 1 is 0.812 bits per heavy atom. The van der Waals surface area contributed by atoms with Gasteiger partial charge in [0.1, 0.15) is 5.60 Å². The number of thiophene rings is 1. The average molecular weight is 437 g/mol. The molecule has 1 aromatic heterocycles. The standard InChI is InChI=1S/C29H24O2S/c30-28(26-17-10-18-32-26)27-25(22-13-6-2-7-14-22)19-23(21-11-4-1-5-12-21)20-29(27,31)24-15-8-3-9-16-24/h1-18,20,25,27,31H,19H2. The maximum absolute atomic E-state index is 13.9. The molecule has 3 aromatic carbocycles. The lowest BCUT2D eigenvalue weighted by molar-refractivity contribution is 0.0112. The number of hydrogen-bond donors (Lipinski definition) is 1. The smallest absolute Gasteiger partial charge is 0.180 e. The Hall–Kier alpha value is -3.27. The number of hydrogen-bond acceptors (Lipinski definition) is 3. The van der Waals surface area contributed by atoms with Crippen LogP contribution in [0.15, 0.2) is 115 Å². The fraction of sp³-hybridized carbons (Fsp3) is 0.138. The van der Waals surface area contributed by atoms with Gasteiger partial charge in [0.05, 0.1) is 10.8 Å². The van der Waals surface area contributed by atoms with E-state index in [2.05, 4.69) is 24.3 Å². The van der Waals surface area contributed by atoms with E-state index in [-0.39, 0.29) is 11.7 Å². The van der Waals surface area contributed by atoms with Gasteiger partial charge in [0, 0.05) is 5.92 Å². The largest absolute Gasteiger partial charge is 0.380 e. The third kappa shape index (κ3) is 3.75. The lowest BCUT2D eigenvalue weighted by atomic mass is 9.63. The van der Waals surface area contributed by atoms with E-state index in [0.717, 1.165) is 22.3 Å². The van der Waals surface area contributed by atoms with Crippen LogP contribution in [0.3, 0.4) is 0 Å². The molecular weight excluding hydrogens is 412 g/mol. The molecule has 0 fully saturated rings. The van der Waals surface area contributed by atoms with Crippen molar-refractivity contribution >= 4 is 22.7 Å². The second-order valence-corrected chi connectivity index (χ2v) is 9.22. The zero-order valence-electron chi connectivity index (χ0n) is 17.6. The van der Waals surface area contributed by atoms with Crippen molar-refractivity contribution in [2.24, 2.45) is 5.92 Å². The van der Waals surface area contributed by atoms with Crippen LogP contribution in [0.2, 0.25) is 0 Å². The van der Waals surface area contributed by atoms with Crippen LogP contribution in [-0.4, -0.2) is 10.9 Å². The van der Waals surface area contributed by atoms with Crippen LogP contribution in [0, 0.1) is 5.92 Å². The molecule has 1 N–H and O–H groups in total. The summed E-state index contributed by atoms with van der Waals surface area (Å²) in [5, 5.41) is 14.3. The summed E-state index contributed by atoms with van der Waals surface area (Å²) in [5.74, 6) is -0.793. The van der Waals surface area contributed by atoms with Crippen molar-refractivity contribution in [3.63, 3.8) is 0 Å². The van der Waals surface area contributed by atoms with E-state index < -0.39 is 11.5 Å². The fourth-order valence-electron chi connectivity index (χ4n) is 4.86. The highest BCUT2D eigenvalue weighted by atomic mass is 32.1. The molecule has 0 saturated heterocycles. The molecule has 0 bridgehead atoms. The van der Waals surface area contributed by atoms with Gasteiger partial charge in [0.15, 0.2) is 5.78 Å². The molecule has 0 amide bonds. The Morgan fingerprint density at radius 3 is 2.06 bits per heavy atom. The van der Waals surface area contributed by atoms with Crippen molar-refractivity contribution in [1.29, 1.82) is 0 Å². The summed E-state index contributed by atoms with van der Waals surface area (Å²) < 4.78 is 0. The van der Waals surface area contributed by atoms with E-state index in [9.17, 15) is 9.90 Å². The Labute approximate surface area is 192 Å². The van der Waals surface area contributed by atoms with E-state index in [0.29, 0.717) is 11.3 Å². The first-order valence-electron chi connectivity index (χ1n) is 10.8. The van der Waals surface area contributed by atoms with Gasteiger partial charge in [0.2, 0.25) is 0 Å². The molecule has 3 atom stereocenters. The monoisotopic (exact) mass is 436 g/mol. The summed E-state index contributed by atoms with van der Waals surface area (Å²) in [4.78, 5) is 14.6. The SMILES string of the molecule is O=C(c1cccs1)C1C(c2ccccc2)CC(c2ccccc2)=CC1(O)c1ccccc1. The predicted molar refractivity (Wildman–Crippen MR) is 131 cm³/mol. The van der Waals surface area contributed by atoms with Crippen LogP contribution >= 0.6 is 11.3 Å². The number of allylic oxidation sites excluding steroid dienone is 1. The third-order valence-electron chi connectivity index (χ3n) is 6.37. The highest BCUT2D eigenvalue weighted by molar-refractivity contribution is 7.12. The average Bonchev–Trinajstić information content (AvgIpc) is 3.40. The molecule has 5 rings (SSSR count). The number of carbonyl (C=O) groups is 1. The Morgan fingerprint density at radius 2 is 1.44 bits per heavy atom. The second-order valence-electron chi connectivity index (χ2n) is 8.27. The van der Waals surface area contributed by atoms with Crippen molar-refractivity contribution in [2.75, 3.05) is 0 Å². The highest BCUT2D eigenvalue weighted by Crippen LogP contribution is 2.51. The molecular formula is C29H24O2S. The molecule has 1 heterocycles. The molecule has 4 aromatic rings. The van der Waals surface area contributed by atoms with Crippen LogP contribution in [0.4, 0.5) is 0 Å². The molecule has 2 nitrogen and oxygen atoms in total. The van der Waals surface area contributed by atoms with Gasteiger partial charge in [-0.2, -0.15) is 0 Å². The zero-order valence-corrected chi connectivity index (χ0v) is 18.4. The summed E-state index contributed by atoms with van der Waals surface area (Å²) in [6, 6.07) is 33.6. The summed E-state index contributed by atoms with van der Waals surface area (Å²) in [6.45, 7) is 0. The van der Waals surface area contributed by atoms with E-state index in [1.165, 1.54) is 11.3 Å². The Balaban J connectivity index is 1.74. The van der Waals surface area contributed by atoms with E-state index in [1.54, 1.807) is 0 Å². The Bertz CT molecular complexity index is 1210. The van der Waals surface area contributed by atoms with Gasteiger partial charge in [-0.3, -0.25) is 4.79 Å². The first kappa shape index (κ1) is 20.6. The summed E-state index contributed by atoms with van der Waals surface area (Å²) >= 11 is 1.43. The minimum absolute atomic E-state index is 0.0106. The van der Waals surface area contributed by atoms with E-state index in [1.807, 2.05) is 90.3 Å². The first-order valence-corrected chi connectivity index (χ1v) is 11.7. The maximum atomic E-state index is 13.9. The van der Waals surface area contributed by atoms with Gasteiger partial charge >= 0.3 is 0 Å². The molecule has 0 spiro atoms. The number of carbonyl (C=O) groups excluding carboxylic acids is 1. The summed E-state index contributed by atoms with van der Waals surface area (Å²) in [6.07, 6.45) is 2.61. The minimum Gasteiger partial charge on any atom is -0.380 e. The molecule has 1 aliphatic rings. The van der Waals surface area contributed by atoms with Gasteiger partial charge in [-0.05, 0) is 46.2 Å². The van der Waals surface area contributed by atoms with Crippen LogP contribution in [0.25, 0.3) is 5.57 Å². The molecule has 3 heteroatoms. The molecule has 158 valence electrons. The number of rotatable bonds is 5. The molecule has 0 saturated carbocycles. The van der Waals surface area contributed by atoms with Crippen LogP contribution < -0.4 is 0 Å². The van der Waals surface area contributed by atoms with Gasteiger partial charge in [-0.25, -0.2) is 0 Å². The molecule has 3 unspecified atom stereocenters. The van der Waals surface area contributed by atoms with E-state index in [4.69, 9.17) is 0 Å². The van der Waals surface area contributed by atoms with Crippen molar-refractivity contribution in [1.82, 2.24) is 0 Å². The number of Topliss-reactive ketones (excluding diaryl/α,β-unsaturated/α-hetero) is 1. The first-order chi connectivity index (χ1) is 15.7.